The highest BCUT2D eigenvalue weighted by Gasteiger charge is 2.18. The van der Waals surface area contributed by atoms with Gasteiger partial charge in [-0.25, -0.2) is 4.98 Å². The second kappa shape index (κ2) is 8.29. The van der Waals surface area contributed by atoms with Crippen molar-refractivity contribution in [1.82, 2.24) is 19.2 Å². The van der Waals surface area contributed by atoms with Crippen LogP contribution in [0.2, 0.25) is 5.02 Å². The number of nitriles is 1. The predicted octanol–water partition coefficient (Wildman–Crippen LogP) is 1.31. The summed E-state index contributed by atoms with van der Waals surface area (Å²) < 4.78 is 3.01. The molecule has 10 heteroatoms. The smallest absolute Gasteiger partial charge is 0.253 e. The molecule has 0 saturated heterocycles. The van der Waals surface area contributed by atoms with Crippen molar-refractivity contribution in [2.75, 3.05) is 24.1 Å². The molecule has 9 nitrogen and oxygen atoms in total. The Bertz CT molecular complexity index is 1110. The molecule has 0 radical (unpaired) electrons. The number of aryl methyl sites for hydroxylation is 2. The molecule has 0 saturated carbocycles. The molecular formula is C18H21ClN8O. The summed E-state index contributed by atoms with van der Waals surface area (Å²) in [5.41, 5.74) is 13.3. The van der Waals surface area contributed by atoms with Gasteiger partial charge in [-0.3, -0.25) is 4.79 Å². The second-order valence-corrected chi connectivity index (χ2v) is 6.70. The van der Waals surface area contributed by atoms with E-state index in [9.17, 15) is 10.1 Å². The van der Waals surface area contributed by atoms with Crippen LogP contribution in [0.15, 0.2) is 23.1 Å². The largest absolute Gasteiger partial charge is 0.382 e. The number of fused-ring (bicyclic) bond motifs is 1. The summed E-state index contributed by atoms with van der Waals surface area (Å²) in [6.07, 6.45) is 2.96. The lowest BCUT2D eigenvalue weighted by molar-refractivity contribution is 0.624. The fourth-order valence-corrected chi connectivity index (χ4v) is 3.08. The zero-order valence-corrected chi connectivity index (χ0v) is 16.2. The van der Waals surface area contributed by atoms with E-state index in [1.807, 2.05) is 12.1 Å². The van der Waals surface area contributed by atoms with Gasteiger partial charge in [0, 0.05) is 24.8 Å². The van der Waals surface area contributed by atoms with E-state index in [1.165, 1.54) is 4.52 Å². The van der Waals surface area contributed by atoms with Crippen LogP contribution in [-0.2, 0) is 13.0 Å². The van der Waals surface area contributed by atoms with Crippen LogP contribution in [0.5, 0.6) is 0 Å². The number of hydrogen-bond acceptors (Lipinski definition) is 7. The van der Waals surface area contributed by atoms with Gasteiger partial charge in [-0.2, -0.15) is 14.9 Å². The lowest BCUT2D eigenvalue weighted by Crippen LogP contribution is -2.25. The van der Waals surface area contributed by atoms with Crippen molar-refractivity contribution in [2.24, 2.45) is 5.73 Å². The number of anilines is 2. The van der Waals surface area contributed by atoms with E-state index in [-0.39, 0.29) is 16.9 Å². The molecular weight excluding hydrogens is 380 g/mol. The lowest BCUT2D eigenvalue weighted by atomic mass is 10.2. The van der Waals surface area contributed by atoms with Gasteiger partial charge < -0.3 is 21.4 Å². The molecule has 0 bridgehead atoms. The van der Waals surface area contributed by atoms with E-state index < -0.39 is 0 Å². The Morgan fingerprint density at radius 2 is 2.21 bits per heavy atom. The average Bonchev–Trinajstić information content (AvgIpc) is 2.97. The third-order valence-corrected chi connectivity index (χ3v) is 4.85. The van der Waals surface area contributed by atoms with E-state index in [1.54, 1.807) is 23.8 Å². The maximum atomic E-state index is 12.5. The van der Waals surface area contributed by atoms with Crippen LogP contribution in [0, 0.1) is 18.3 Å². The number of nitrogen functional groups attached to an aromatic ring is 1. The first-order chi connectivity index (χ1) is 13.5. The molecule has 0 aliphatic rings. The van der Waals surface area contributed by atoms with Crippen molar-refractivity contribution in [3.05, 3.63) is 50.5 Å². The second-order valence-electron chi connectivity index (χ2n) is 6.32. The summed E-state index contributed by atoms with van der Waals surface area (Å²) in [6.45, 7) is 3.25. The summed E-state index contributed by atoms with van der Waals surface area (Å²) in [5, 5.41) is 17.1. The number of nitrogens with zero attached hydrogens (tertiary/aromatic N) is 5. The highest BCUT2D eigenvalue weighted by Crippen LogP contribution is 2.27. The normalized spacial score (nSPS) is 10.9. The highest BCUT2D eigenvalue weighted by molar-refractivity contribution is 6.34. The SMILES string of the molecule is Cc1nn2c(N)c(C#N)c(NCCc3cccn(CCCN)c3=O)nc2c1Cl. The standard InChI is InChI=1S/C18H21ClN8O/c1-11-14(19)17-24-16(13(10-21)15(22)27(17)25-11)23-7-5-12-4-2-8-26(18(12)28)9-3-6-20/h2,4,8H,3,5-7,9,20,22H2,1H3,(H,23,24). The minimum Gasteiger partial charge on any atom is -0.382 e. The minimum absolute atomic E-state index is 0.0457. The molecule has 0 aromatic carbocycles. The third kappa shape index (κ3) is 3.65. The van der Waals surface area contributed by atoms with Crippen LogP contribution < -0.4 is 22.3 Å². The monoisotopic (exact) mass is 400 g/mol. The van der Waals surface area contributed by atoms with Crippen LogP contribution in [-0.4, -0.2) is 32.3 Å². The molecule has 0 amide bonds. The minimum atomic E-state index is -0.0457. The number of hydrogen-bond donors (Lipinski definition) is 3. The highest BCUT2D eigenvalue weighted by atomic mass is 35.5. The van der Waals surface area contributed by atoms with Gasteiger partial charge in [-0.1, -0.05) is 17.7 Å². The molecule has 0 aliphatic heterocycles. The van der Waals surface area contributed by atoms with E-state index >= 15 is 0 Å². The van der Waals surface area contributed by atoms with Crippen LogP contribution in [0.1, 0.15) is 23.2 Å². The summed E-state index contributed by atoms with van der Waals surface area (Å²) >= 11 is 6.23. The molecule has 3 rings (SSSR count). The fraction of sp³-hybridized carbons (Fsp3) is 0.333. The Balaban J connectivity index is 1.82. The zero-order chi connectivity index (χ0) is 20.3. The number of nitrogens with two attached hydrogens (primary N) is 2. The summed E-state index contributed by atoms with van der Waals surface area (Å²) in [4.78, 5) is 16.9. The Labute approximate surface area is 166 Å². The number of rotatable bonds is 7. The van der Waals surface area contributed by atoms with Gasteiger partial charge in [0.15, 0.2) is 5.65 Å². The number of pyridine rings is 1. The first kappa shape index (κ1) is 19.7. The lowest BCUT2D eigenvalue weighted by Gasteiger charge is -2.11. The number of aromatic nitrogens is 4. The average molecular weight is 401 g/mol. The molecule has 0 spiro atoms. The summed E-state index contributed by atoms with van der Waals surface area (Å²) in [5.74, 6) is 0.475. The van der Waals surface area contributed by atoms with Crippen LogP contribution in [0.3, 0.4) is 0 Å². The molecule has 0 fully saturated rings. The predicted molar refractivity (Wildman–Crippen MR) is 108 cm³/mol. The third-order valence-electron chi connectivity index (χ3n) is 4.40. The van der Waals surface area contributed by atoms with Crippen molar-refractivity contribution >= 4 is 28.9 Å². The van der Waals surface area contributed by atoms with Crippen LogP contribution >= 0.6 is 11.6 Å². The topological polar surface area (TPSA) is 140 Å². The molecule has 3 aromatic heterocycles. The van der Waals surface area contributed by atoms with E-state index in [4.69, 9.17) is 23.1 Å². The Kier molecular flexibility index (Phi) is 5.82. The zero-order valence-electron chi connectivity index (χ0n) is 15.4. The number of nitrogens with one attached hydrogen (secondary N) is 1. The van der Waals surface area contributed by atoms with Gasteiger partial charge in [-0.05, 0) is 32.4 Å². The van der Waals surface area contributed by atoms with E-state index in [0.29, 0.717) is 53.8 Å². The van der Waals surface area contributed by atoms with Gasteiger partial charge in [0.1, 0.15) is 28.3 Å². The molecule has 0 unspecified atom stereocenters. The molecule has 28 heavy (non-hydrogen) atoms. The molecule has 3 aromatic rings. The summed E-state index contributed by atoms with van der Waals surface area (Å²) in [7, 11) is 0. The first-order valence-electron chi connectivity index (χ1n) is 8.84. The summed E-state index contributed by atoms with van der Waals surface area (Å²) in [6, 6.07) is 5.67. The van der Waals surface area contributed by atoms with Crippen molar-refractivity contribution in [2.45, 2.75) is 26.3 Å². The van der Waals surface area contributed by atoms with E-state index in [0.717, 1.165) is 6.42 Å². The van der Waals surface area contributed by atoms with Gasteiger partial charge in [0.05, 0.1) is 5.69 Å². The van der Waals surface area contributed by atoms with Crippen molar-refractivity contribution in [1.29, 1.82) is 5.26 Å². The maximum Gasteiger partial charge on any atom is 0.253 e. The van der Waals surface area contributed by atoms with Crippen molar-refractivity contribution < 1.29 is 0 Å². The van der Waals surface area contributed by atoms with Crippen LogP contribution in [0.25, 0.3) is 5.65 Å². The Morgan fingerprint density at radius 1 is 1.43 bits per heavy atom. The quantitative estimate of drug-likeness (QED) is 0.543. The van der Waals surface area contributed by atoms with E-state index in [2.05, 4.69) is 15.4 Å². The van der Waals surface area contributed by atoms with Gasteiger partial charge in [0.2, 0.25) is 0 Å². The van der Waals surface area contributed by atoms with Crippen molar-refractivity contribution in [3.8, 4) is 6.07 Å². The van der Waals surface area contributed by atoms with Gasteiger partial charge in [-0.15, -0.1) is 0 Å². The Hall–Kier alpha value is -3.09. The number of halogens is 1. The van der Waals surface area contributed by atoms with Crippen LogP contribution in [0.4, 0.5) is 11.6 Å². The van der Waals surface area contributed by atoms with Gasteiger partial charge in [0.25, 0.3) is 5.56 Å². The molecule has 5 N–H and O–H groups in total. The fourth-order valence-electron chi connectivity index (χ4n) is 2.92. The molecule has 3 heterocycles. The molecule has 0 aliphatic carbocycles. The maximum absolute atomic E-state index is 12.5. The molecule has 146 valence electrons. The van der Waals surface area contributed by atoms with Crippen molar-refractivity contribution in [3.63, 3.8) is 0 Å². The molecule has 0 atom stereocenters. The Morgan fingerprint density at radius 3 is 2.93 bits per heavy atom. The first-order valence-corrected chi connectivity index (χ1v) is 9.22. The van der Waals surface area contributed by atoms with Gasteiger partial charge >= 0.3 is 0 Å².